The Morgan fingerprint density at radius 2 is 1.77 bits per heavy atom. The Bertz CT molecular complexity index is 1650. The van der Waals surface area contributed by atoms with Gasteiger partial charge in [0.1, 0.15) is 11.6 Å². The van der Waals surface area contributed by atoms with Crippen LogP contribution in [0.2, 0.25) is 10.0 Å². The summed E-state index contributed by atoms with van der Waals surface area (Å²) in [4.78, 5) is 13.3. The minimum Gasteiger partial charge on any atom is -0.496 e. The number of aliphatic hydroxyl groups excluding tert-OH is 2. The molecule has 232 valence electrons. The lowest BCUT2D eigenvalue weighted by molar-refractivity contribution is 0.102. The van der Waals surface area contributed by atoms with E-state index in [0.717, 1.165) is 18.5 Å². The van der Waals surface area contributed by atoms with Crippen molar-refractivity contribution in [2.45, 2.75) is 32.0 Å². The summed E-state index contributed by atoms with van der Waals surface area (Å²) in [6.45, 7) is 1.66. The first-order valence-electron chi connectivity index (χ1n) is 14.3. The smallest absolute Gasteiger partial charge is 0.276 e. The number of aliphatic hydroxyl groups is 2. The summed E-state index contributed by atoms with van der Waals surface area (Å²) in [5, 5.41) is 32.5. The first-order chi connectivity index (χ1) is 21.4. The zero-order valence-electron chi connectivity index (χ0n) is 24.2. The summed E-state index contributed by atoms with van der Waals surface area (Å²) in [5.41, 5.74) is 4.21. The molecule has 0 radical (unpaired) electrons. The van der Waals surface area contributed by atoms with Gasteiger partial charge in [0.25, 0.3) is 5.91 Å². The number of carbonyl (C=O) groups is 1. The number of hydrogen-bond acceptors (Lipinski definition) is 7. The molecule has 0 saturated heterocycles. The van der Waals surface area contributed by atoms with E-state index >= 15 is 4.39 Å². The molecule has 1 aliphatic heterocycles. The van der Waals surface area contributed by atoms with Crippen LogP contribution in [0.5, 0.6) is 5.75 Å². The summed E-state index contributed by atoms with van der Waals surface area (Å²) in [6, 6.07) is 15.6. The van der Waals surface area contributed by atoms with Crippen LogP contribution >= 0.6 is 23.2 Å². The van der Waals surface area contributed by atoms with E-state index in [0.29, 0.717) is 68.9 Å². The third-order valence-corrected chi connectivity index (χ3v) is 8.39. The van der Waals surface area contributed by atoms with Crippen molar-refractivity contribution in [3.05, 3.63) is 87.4 Å². The Balaban J connectivity index is 1.42. The van der Waals surface area contributed by atoms with Gasteiger partial charge in [-0.1, -0.05) is 53.5 Å². The van der Waals surface area contributed by atoms with Crippen molar-refractivity contribution in [3.8, 4) is 28.0 Å². The Labute approximate surface area is 265 Å². The van der Waals surface area contributed by atoms with Crippen molar-refractivity contribution < 1.29 is 24.1 Å². The molecule has 0 bridgehead atoms. The van der Waals surface area contributed by atoms with Gasteiger partial charge in [0.15, 0.2) is 5.69 Å². The van der Waals surface area contributed by atoms with Crippen LogP contribution in [0.25, 0.3) is 22.3 Å². The van der Waals surface area contributed by atoms with Crippen LogP contribution in [-0.2, 0) is 13.1 Å². The molecule has 1 aromatic heterocycles. The number of anilines is 1. The van der Waals surface area contributed by atoms with Crippen LogP contribution in [-0.4, -0.2) is 59.3 Å². The topological polar surface area (TPSA) is 121 Å². The predicted octanol–water partition coefficient (Wildman–Crippen LogP) is 5.42. The average Bonchev–Trinajstić information content (AvgIpc) is 3.47. The fourth-order valence-corrected chi connectivity index (χ4v) is 6.05. The van der Waals surface area contributed by atoms with Gasteiger partial charge in [-0.05, 0) is 42.7 Å². The lowest BCUT2D eigenvalue weighted by Gasteiger charge is -2.24. The van der Waals surface area contributed by atoms with Crippen molar-refractivity contribution in [1.29, 1.82) is 0 Å². The number of amides is 1. The largest absolute Gasteiger partial charge is 0.496 e. The molecule has 0 fully saturated rings. The maximum Gasteiger partial charge on any atom is 0.276 e. The van der Waals surface area contributed by atoms with Crippen LogP contribution in [0.1, 0.15) is 40.6 Å². The van der Waals surface area contributed by atoms with Gasteiger partial charge in [0.2, 0.25) is 0 Å². The maximum atomic E-state index is 15.2. The molecule has 1 amide bonds. The van der Waals surface area contributed by atoms with Crippen LogP contribution < -0.4 is 20.7 Å². The van der Waals surface area contributed by atoms with E-state index in [-0.39, 0.29) is 31.5 Å². The summed E-state index contributed by atoms with van der Waals surface area (Å²) < 4.78 is 22.5. The van der Waals surface area contributed by atoms with Crippen molar-refractivity contribution in [2.75, 3.05) is 38.7 Å². The van der Waals surface area contributed by atoms with Crippen molar-refractivity contribution in [3.63, 3.8) is 0 Å². The average molecular weight is 643 g/mol. The molecule has 44 heavy (non-hydrogen) atoms. The molecule has 3 aromatic carbocycles. The number of methoxy groups -OCH3 is 1. The van der Waals surface area contributed by atoms with E-state index in [4.69, 9.17) is 33.0 Å². The fraction of sp³-hybridized carbons (Fsp3) is 0.312. The standard InChI is InChI=1S/C32H34Cl2FN5O4/c1-44-29-16-19(15-24(35)23(29)18-36-10-13-41)20-5-2-6-21(30(20)33)22-7-3-8-26(31(22)34)38-32(43)27-17-28-25(37-11-14-42)9-4-12-40(28)39-27/h2-3,5-8,15-17,25,36-37,41-42H,4,9-14,18H2,1H3,(H,38,43). The first-order valence-corrected chi connectivity index (χ1v) is 15.1. The molecule has 0 spiro atoms. The van der Waals surface area contributed by atoms with Gasteiger partial charge in [-0.15, -0.1) is 0 Å². The number of aromatic nitrogens is 2. The lowest BCUT2D eigenvalue weighted by atomic mass is 9.97. The summed E-state index contributed by atoms with van der Waals surface area (Å²) in [5.74, 6) is -0.514. The van der Waals surface area contributed by atoms with E-state index in [2.05, 4.69) is 21.0 Å². The van der Waals surface area contributed by atoms with Crippen molar-refractivity contribution >= 4 is 34.8 Å². The van der Waals surface area contributed by atoms with Gasteiger partial charge >= 0.3 is 0 Å². The highest BCUT2D eigenvalue weighted by Crippen LogP contribution is 2.42. The van der Waals surface area contributed by atoms with Gasteiger partial charge in [-0.25, -0.2) is 4.39 Å². The predicted molar refractivity (Wildman–Crippen MR) is 170 cm³/mol. The number of fused-ring (bicyclic) bond motifs is 1. The molecule has 5 N–H and O–H groups in total. The molecule has 9 nitrogen and oxygen atoms in total. The molecular weight excluding hydrogens is 608 g/mol. The number of nitrogens with zero attached hydrogens (tertiary/aromatic N) is 2. The summed E-state index contributed by atoms with van der Waals surface area (Å²) in [6.07, 6.45) is 1.81. The van der Waals surface area contributed by atoms with Gasteiger partial charge in [0.05, 0.1) is 41.8 Å². The number of carbonyl (C=O) groups excluding carboxylic acids is 1. The molecule has 1 unspecified atom stereocenters. The maximum absolute atomic E-state index is 15.2. The van der Waals surface area contributed by atoms with Crippen molar-refractivity contribution in [2.24, 2.45) is 0 Å². The molecule has 12 heteroatoms. The molecule has 1 aliphatic rings. The minimum absolute atomic E-state index is 0.0128. The second-order valence-corrected chi connectivity index (χ2v) is 11.1. The van der Waals surface area contributed by atoms with Gasteiger partial charge in [-0.2, -0.15) is 5.10 Å². The monoisotopic (exact) mass is 641 g/mol. The molecule has 4 aromatic rings. The van der Waals surface area contributed by atoms with E-state index in [1.807, 2.05) is 10.7 Å². The Kier molecular flexibility index (Phi) is 10.5. The Hall–Kier alpha value is -3.51. The van der Waals surface area contributed by atoms with Crippen LogP contribution in [0.15, 0.2) is 54.6 Å². The Morgan fingerprint density at radius 3 is 2.52 bits per heavy atom. The molecule has 2 heterocycles. The van der Waals surface area contributed by atoms with Gasteiger partial charge in [0, 0.05) is 54.5 Å². The quantitative estimate of drug-likeness (QED) is 0.131. The second kappa shape index (κ2) is 14.5. The molecular formula is C32H34Cl2FN5O4. The van der Waals surface area contributed by atoms with Crippen molar-refractivity contribution in [1.82, 2.24) is 20.4 Å². The highest BCUT2D eigenvalue weighted by molar-refractivity contribution is 6.39. The van der Waals surface area contributed by atoms with E-state index in [9.17, 15) is 9.90 Å². The molecule has 5 rings (SSSR count). The highest BCUT2D eigenvalue weighted by atomic mass is 35.5. The van der Waals surface area contributed by atoms with E-state index in [1.165, 1.54) is 13.2 Å². The number of halogens is 3. The van der Waals surface area contributed by atoms with E-state index < -0.39 is 11.7 Å². The summed E-state index contributed by atoms with van der Waals surface area (Å²) >= 11 is 13.8. The summed E-state index contributed by atoms with van der Waals surface area (Å²) in [7, 11) is 1.47. The zero-order chi connectivity index (χ0) is 31.2. The second-order valence-electron chi connectivity index (χ2n) is 10.4. The number of rotatable bonds is 12. The van der Waals surface area contributed by atoms with Gasteiger partial charge < -0.3 is 30.9 Å². The molecule has 0 saturated carbocycles. The number of ether oxygens (including phenoxy) is 1. The minimum atomic E-state index is -0.467. The van der Waals surface area contributed by atoms with E-state index in [1.54, 1.807) is 42.5 Å². The SMILES string of the molecule is COc1cc(-c2cccc(-c3cccc(NC(=O)c4cc5n(n4)CCCC5NCCO)c3Cl)c2Cl)cc(F)c1CNCCO. The first kappa shape index (κ1) is 31.9. The number of benzene rings is 3. The Morgan fingerprint density at radius 1 is 1.05 bits per heavy atom. The van der Waals surface area contributed by atoms with Crippen LogP contribution in [0.3, 0.4) is 0 Å². The normalized spacial score (nSPS) is 14.4. The van der Waals surface area contributed by atoms with Crippen LogP contribution in [0.4, 0.5) is 10.1 Å². The number of hydrogen-bond donors (Lipinski definition) is 5. The lowest BCUT2D eigenvalue weighted by Crippen LogP contribution is -2.29. The van der Waals surface area contributed by atoms with Crippen LogP contribution in [0, 0.1) is 5.82 Å². The number of nitrogens with one attached hydrogen (secondary N) is 3. The molecule has 0 aliphatic carbocycles. The van der Waals surface area contributed by atoms with Gasteiger partial charge in [-0.3, -0.25) is 9.48 Å². The zero-order valence-corrected chi connectivity index (χ0v) is 25.7. The molecule has 1 atom stereocenters. The highest BCUT2D eigenvalue weighted by Gasteiger charge is 2.25. The third-order valence-electron chi connectivity index (χ3n) is 7.58. The fourth-order valence-electron chi connectivity index (χ4n) is 5.44. The number of aryl methyl sites for hydroxylation is 1. The third kappa shape index (κ3) is 6.76.